The number of amidine groups is 1. The summed E-state index contributed by atoms with van der Waals surface area (Å²) in [6.07, 6.45) is -4.63. The minimum absolute atomic E-state index is 0.273. The zero-order valence-electron chi connectivity index (χ0n) is 10.8. The van der Waals surface area contributed by atoms with Crippen LogP contribution in [0.5, 0.6) is 0 Å². The lowest BCUT2D eigenvalue weighted by Crippen LogP contribution is -2.44. The molecule has 3 N–H and O–H groups in total. The van der Waals surface area contributed by atoms with E-state index in [9.17, 15) is 18.0 Å². The summed E-state index contributed by atoms with van der Waals surface area (Å²) in [6.45, 7) is 1.43. The quantitative estimate of drug-likeness (QED) is 0.386. The molecule has 110 valence electrons. The number of likely N-dealkylation sites (N-methyl/N-ethyl adjacent to an activating group) is 1. The average molecular weight is 289 g/mol. The minimum Gasteiger partial charge on any atom is -0.409 e. The van der Waals surface area contributed by atoms with Crippen molar-refractivity contribution in [3.63, 3.8) is 0 Å². The maximum Gasteiger partial charge on any atom is 0.417 e. The van der Waals surface area contributed by atoms with Crippen LogP contribution in [0.4, 0.5) is 13.2 Å². The number of alkyl halides is 3. The van der Waals surface area contributed by atoms with Crippen LogP contribution < -0.4 is 5.73 Å². The van der Waals surface area contributed by atoms with E-state index in [1.54, 1.807) is 0 Å². The Kier molecular flexibility index (Phi) is 4.59. The number of carbonyl (C=O) groups excluding carboxylic acids is 1. The molecule has 0 aromatic heterocycles. The number of halogens is 3. The van der Waals surface area contributed by atoms with Crippen LogP contribution in [-0.2, 0) is 6.18 Å². The van der Waals surface area contributed by atoms with Crippen molar-refractivity contribution in [2.45, 2.75) is 19.1 Å². The van der Waals surface area contributed by atoms with Crippen molar-refractivity contribution in [3.8, 4) is 0 Å². The minimum atomic E-state index is -4.63. The number of nitrogens with zero attached hydrogens (tertiary/aromatic N) is 2. The van der Waals surface area contributed by atoms with Crippen LogP contribution >= 0.6 is 0 Å². The van der Waals surface area contributed by atoms with E-state index in [2.05, 4.69) is 5.16 Å². The van der Waals surface area contributed by atoms with Crippen LogP contribution in [0.1, 0.15) is 22.8 Å². The fourth-order valence-electron chi connectivity index (χ4n) is 1.56. The van der Waals surface area contributed by atoms with Crippen molar-refractivity contribution in [2.24, 2.45) is 10.9 Å². The van der Waals surface area contributed by atoms with E-state index in [1.807, 2.05) is 0 Å². The van der Waals surface area contributed by atoms with E-state index in [4.69, 9.17) is 10.9 Å². The van der Waals surface area contributed by atoms with Crippen LogP contribution in [0.15, 0.2) is 29.4 Å². The van der Waals surface area contributed by atoms with E-state index in [0.29, 0.717) is 0 Å². The van der Waals surface area contributed by atoms with Gasteiger partial charge in [-0.1, -0.05) is 17.3 Å². The molecule has 0 aliphatic heterocycles. The van der Waals surface area contributed by atoms with Crippen LogP contribution in [0.3, 0.4) is 0 Å². The van der Waals surface area contributed by atoms with Crippen molar-refractivity contribution in [2.75, 3.05) is 7.05 Å². The van der Waals surface area contributed by atoms with Crippen molar-refractivity contribution in [1.29, 1.82) is 0 Å². The van der Waals surface area contributed by atoms with Gasteiger partial charge in [-0.05, 0) is 19.1 Å². The molecule has 8 heteroatoms. The number of nitrogens with two attached hydrogens (primary N) is 1. The maximum atomic E-state index is 12.8. The van der Waals surface area contributed by atoms with E-state index in [0.717, 1.165) is 17.0 Å². The standard InChI is InChI=1S/C12H14F3N3O2/c1-7(10(16)17-20)18(2)11(19)8-5-3-4-6-9(8)12(13,14)15/h3-7,20H,1-2H3,(H2,16,17). The highest BCUT2D eigenvalue weighted by Crippen LogP contribution is 2.32. The number of benzene rings is 1. The highest BCUT2D eigenvalue weighted by atomic mass is 19.4. The molecule has 0 bridgehead atoms. The Morgan fingerprint density at radius 1 is 1.40 bits per heavy atom. The monoisotopic (exact) mass is 289 g/mol. The molecule has 0 aliphatic carbocycles. The molecule has 0 radical (unpaired) electrons. The van der Waals surface area contributed by atoms with Gasteiger partial charge < -0.3 is 15.8 Å². The Bertz CT molecular complexity index is 529. The predicted octanol–water partition coefficient (Wildman–Crippen LogP) is 1.91. The van der Waals surface area contributed by atoms with Gasteiger partial charge in [0.15, 0.2) is 5.84 Å². The van der Waals surface area contributed by atoms with Gasteiger partial charge in [0.25, 0.3) is 5.91 Å². The summed E-state index contributed by atoms with van der Waals surface area (Å²) in [5.41, 5.74) is 3.83. The molecule has 1 atom stereocenters. The van der Waals surface area contributed by atoms with E-state index >= 15 is 0 Å². The molecule has 0 saturated heterocycles. The third-order valence-corrected chi connectivity index (χ3v) is 2.91. The molecular weight excluding hydrogens is 275 g/mol. The Hall–Kier alpha value is -2.25. The number of oxime groups is 1. The van der Waals surface area contributed by atoms with Crippen LogP contribution in [-0.4, -0.2) is 34.9 Å². The molecule has 0 fully saturated rings. The first-order valence-corrected chi connectivity index (χ1v) is 5.61. The van der Waals surface area contributed by atoms with E-state index in [-0.39, 0.29) is 5.84 Å². The van der Waals surface area contributed by atoms with Gasteiger partial charge >= 0.3 is 6.18 Å². The van der Waals surface area contributed by atoms with Gasteiger partial charge in [-0.25, -0.2) is 0 Å². The van der Waals surface area contributed by atoms with Gasteiger partial charge in [-0.15, -0.1) is 0 Å². The first-order valence-electron chi connectivity index (χ1n) is 5.61. The second-order valence-corrected chi connectivity index (χ2v) is 4.16. The molecule has 1 aromatic rings. The summed E-state index contributed by atoms with van der Waals surface area (Å²) in [6, 6.07) is 3.61. The van der Waals surface area contributed by atoms with E-state index < -0.39 is 29.3 Å². The summed E-state index contributed by atoms with van der Waals surface area (Å²) < 4.78 is 38.5. The van der Waals surface area contributed by atoms with Crippen LogP contribution in [0.2, 0.25) is 0 Å². The smallest absolute Gasteiger partial charge is 0.409 e. The molecule has 0 spiro atoms. The van der Waals surface area contributed by atoms with Crippen molar-refractivity contribution in [3.05, 3.63) is 35.4 Å². The fraction of sp³-hybridized carbons (Fsp3) is 0.333. The first kappa shape index (κ1) is 15.8. The third-order valence-electron chi connectivity index (χ3n) is 2.91. The molecule has 0 saturated carbocycles. The molecule has 0 heterocycles. The highest BCUT2D eigenvalue weighted by molar-refractivity contribution is 5.99. The summed E-state index contributed by atoms with van der Waals surface area (Å²) in [5, 5.41) is 11.3. The third kappa shape index (κ3) is 3.19. The van der Waals surface area contributed by atoms with Crippen molar-refractivity contribution < 1.29 is 23.2 Å². The van der Waals surface area contributed by atoms with Crippen molar-refractivity contribution >= 4 is 11.7 Å². The topological polar surface area (TPSA) is 78.9 Å². The Balaban J connectivity index is 3.16. The lowest BCUT2D eigenvalue weighted by atomic mass is 10.1. The summed E-state index contributed by atoms with van der Waals surface area (Å²) >= 11 is 0. The Morgan fingerprint density at radius 2 is 1.95 bits per heavy atom. The number of carbonyl (C=O) groups is 1. The number of amides is 1. The SMILES string of the molecule is CC(C(N)=NO)N(C)C(=O)c1ccccc1C(F)(F)F. The lowest BCUT2D eigenvalue weighted by molar-refractivity contribution is -0.138. The zero-order valence-corrected chi connectivity index (χ0v) is 10.8. The van der Waals surface area contributed by atoms with Crippen LogP contribution in [0, 0.1) is 0 Å². The van der Waals surface area contributed by atoms with Gasteiger partial charge in [0.1, 0.15) is 0 Å². The van der Waals surface area contributed by atoms with E-state index in [1.165, 1.54) is 26.1 Å². The summed E-state index contributed by atoms with van der Waals surface area (Å²) in [7, 11) is 1.28. The maximum absolute atomic E-state index is 12.8. The Morgan fingerprint density at radius 3 is 2.45 bits per heavy atom. The number of hydrogen-bond donors (Lipinski definition) is 2. The molecule has 20 heavy (non-hydrogen) atoms. The van der Waals surface area contributed by atoms with Gasteiger partial charge in [0, 0.05) is 7.05 Å². The second kappa shape index (κ2) is 5.81. The van der Waals surface area contributed by atoms with Crippen molar-refractivity contribution in [1.82, 2.24) is 4.90 Å². The summed E-state index contributed by atoms with van der Waals surface area (Å²) in [5.74, 6) is -1.14. The molecule has 0 aliphatic rings. The lowest BCUT2D eigenvalue weighted by Gasteiger charge is -2.25. The van der Waals surface area contributed by atoms with Gasteiger partial charge in [-0.3, -0.25) is 4.79 Å². The second-order valence-electron chi connectivity index (χ2n) is 4.16. The summed E-state index contributed by atoms with van der Waals surface area (Å²) in [4.78, 5) is 13.1. The predicted molar refractivity (Wildman–Crippen MR) is 66.4 cm³/mol. The normalized spacial score (nSPS) is 13.9. The fourth-order valence-corrected chi connectivity index (χ4v) is 1.56. The zero-order chi connectivity index (χ0) is 15.5. The molecule has 1 rings (SSSR count). The number of hydrogen-bond acceptors (Lipinski definition) is 3. The van der Waals surface area contributed by atoms with Gasteiger partial charge in [0.2, 0.25) is 0 Å². The first-order chi connectivity index (χ1) is 9.20. The number of rotatable bonds is 3. The average Bonchev–Trinajstić information content (AvgIpc) is 2.43. The molecule has 1 amide bonds. The molecule has 1 unspecified atom stereocenters. The molecular formula is C12H14F3N3O2. The highest BCUT2D eigenvalue weighted by Gasteiger charge is 2.36. The molecule has 5 nitrogen and oxygen atoms in total. The van der Waals surface area contributed by atoms with Gasteiger partial charge in [-0.2, -0.15) is 13.2 Å². The van der Waals surface area contributed by atoms with Gasteiger partial charge in [0.05, 0.1) is 17.2 Å². The Labute approximate surface area is 113 Å². The molecule has 1 aromatic carbocycles. The van der Waals surface area contributed by atoms with Crippen LogP contribution in [0.25, 0.3) is 0 Å². The largest absolute Gasteiger partial charge is 0.417 e.